The molecule has 0 heterocycles. The summed E-state index contributed by atoms with van der Waals surface area (Å²) in [4.78, 5) is 0. The molecule has 0 fully saturated rings. The van der Waals surface area contributed by atoms with Gasteiger partial charge < -0.3 is 0 Å². The number of hydrogen-bond donors (Lipinski definition) is 0. The molecule has 3 aromatic rings. The van der Waals surface area contributed by atoms with Crippen LogP contribution in [-0.4, -0.2) is 0 Å². The molecule has 3 rings (SSSR count). The lowest BCUT2D eigenvalue weighted by Crippen LogP contribution is -1.93. The number of aryl methyl sites for hydroxylation is 1. The molecule has 31 heavy (non-hydrogen) atoms. The topological polar surface area (TPSA) is 0 Å². The lowest BCUT2D eigenvalue weighted by atomic mass is 9.99. The summed E-state index contributed by atoms with van der Waals surface area (Å²) in [5, 5.41) is 0. The van der Waals surface area contributed by atoms with E-state index in [9.17, 15) is 17.6 Å². The van der Waals surface area contributed by atoms with Gasteiger partial charge in [0.05, 0.1) is 5.56 Å². The molecule has 0 aliphatic carbocycles. The van der Waals surface area contributed by atoms with Gasteiger partial charge in [-0.1, -0.05) is 68.7 Å². The molecule has 0 aliphatic rings. The standard InChI is InChI=1S/C27H24F4/c1-2-3-4-5-6-7-19-8-12-21(13-9-19)22-17-25(29)23(26(30)18-22)14-10-20-11-15-24(28)27(31)16-20/h8-9,11-13,15-18H,2-7H2,1H3. The van der Waals surface area contributed by atoms with Crippen molar-refractivity contribution in [2.75, 3.05) is 0 Å². The van der Waals surface area contributed by atoms with Crippen LogP contribution >= 0.6 is 0 Å². The first-order valence-corrected chi connectivity index (χ1v) is 10.5. The molecule has 0 saturated carbocycles. The van der Waals surface area contributed by atoms with E-state index in [1.54, 1.807) is 0 Å². The summed E-state index contributed by atoms with van der Waals surface area (Å²) < 4.78 is 55.3. The Labute approximate surface area is 180 Å². The van der Waals surface area contributed by atoms with Crippen molar-refractivity contribution in [3.05, 3.63) is 94.6 Å². The van der Waals surface area contributed by atoms with E-state index in [2.05, 4.69) is 18.8 Å². The maximum Gasteiger partial charge on any atom is 0.160 e. The van der Waals surface area contributed by atoms with Crippen LogP contribution in [0.5, 0.6) is 0 Å². The lowest BCUT2D eigenvalue weighted by Gasteiger charge is -2.07. The van der Waals surface area contributed by atoms with Crippen LogP contribution in [0.1, 0.15) is 55.7 Å². The van der Waals surface area contributed by atoms with Crippen molar-refractivity contribution in [2.24, 2.45) is 0 Å². The van der Waals surface area contributed by atoms with Crippen LogP contribution in [0.3, 0.4) is 0 Å². The van der Waals surface area contributed by atoms with Crippen molar-refractivity contribution in [1.29, 1.82) is 0 Å². The van der Waals surface area contributed by atoms with E-state index in [-0.39, 0.29) is 5.56 Å². The SMILES string of the molecule is CCCCCCCc1ccc(-c2cc(F)c(C#Cc3ccc(F)c(F)c3)c(F)c2)cc1. The highest BCUT2D eigenvalue weighted by Gasteiger charge is 2.11. The minimum Gasteiger partial charge on any atom is -0.205 e. The Morgan fingerprint density at radius 1 is 0.613 bits per heavy atom. The fourth-order valence-electron chi connectivity index (χ4n) is 3.36. The second kappa shape index (κ2) is 10.8. The first-order chi connectivity index (χ1) is 15.0. The van der Waals surface area contributed by atoms with E-state index >= 15 is 0 Å². The van der Waals surface area contributed by atoms with Crippen LogP contribution in [0.25, 0.3) is 11.1 Å². The zero-order valence-corrected chi connectivity index (χ0v) is 17.5. The van der Waals surface area contributed by atoms with Crippen LogP contribution < -0.4 is 0 Å². The Hall–Kier alpha value is -3.06. The monoisotopic (exact) mass is 424 g/mol. The highest BCUT2D eigenvalue weighted by atomic mass is 19.2. The number of rotatable bonds is 7. The lowest BCUT2D eigenvalue weighted by molar-refractivity contribution is 0.508. The van der Waals surface area contributed by atoms with Gasteiger partial charge in [0.1, 0.15) is 11.6 Å². The minimum atomic E-state index is -1.06. The third kappa shape index (κ3) is 6.21. The maximum atomic E-state index is 14.5. The van der Waals surface area contributed by atoms with E-state index in [4.69, 9.17) is 0 Å². The number of unbranched alkanes of at least 4 members (excludes halogenated alkanes) is 4. The zero-order chi connectivity index (χ0) is 22.2. The van der Waals surface area contributed by atoms with Gasteiger partial charge in [0.2, 0.25) is 0 Å². The first-order valence-electron chi connectivity index (χ1n) is 10.5. The van der Waals surface area contributed by atoms with E-state index in [0.717, 1.165) is 25.0 Å². The highest BCUT2D eigenvalue weighted by molar-refractivity contribution is 5.65. The Morgan fingerprint density at radius 3 is 1.94 bits per heavy atom. The minimum absolute atomic E-state index is 0.132. The third-order valence-corrected chi connectivity index (χ3v) is 5.15. The van der Waals surface area contributed by atoms with Crippen molar-refractivity contribution >= 4 is 0 Å². The summed E-state index contributed by atoms with van der Waals surface area (Å²) >= 11 is 0. The third-order valence-electron chi connectivity index (χ3n) is 5.15. The molecule has 0 N–H and O–H groups in total. The van der Waals surface area contributed by atoms with Gasteiger partial charge in [0, 0.05) is 5.56 Å². The smallest absolute Gasteiger partial charge is 0.160 e. The second-order valence-corrected chi connectivity index (χ2v) is 7.55. The van der Waals surface area contributed by atoms with Gasteiger partial charge in [-0.3, -0.25) is 0 Å². The van der Waals surface area contributed by atoms with Gasteiger partial charge in [-0.2, -0.15) is 0 Å². The summed E-state index contributed by atoms with van der Waals surface area (Å²) in [6, 6.07) is 13.2. The van der Waals surface area contributed by atoms with Crippen molar-refractivity contribution < 1.29 is 17.6 Å². The molecule has 0 amide bonds. The second-order valence-electron chi connectivity index (χ2n) is 7.55. The Bertz CT molecular complexity index is 1070. The fraction of sp³-hybridized carbons (Fsp3) is 0.259. The van der Waals surface area contributed by atoms with E-state index in [1.807, 2.05) is 24.3 Å². The predicted molar refractivity (Wildman–Crippen MR) is 117 cm³/mol. The van der Waals surface area contributed by atoms with Crippen LogP contribution in [-0.2, 0) is 6.42 Å². The Kier molecular flexibility index (Phi) is 7.89. The van der Waals surface area contributed by atoms with Gasteiger partial charge in [-0.25, -0.2) is 17.6 Å². The molecule has 0 atom stereocenters. The van der Waals surface area contributed by atoms with E-state index in [0.29, 0.717) is 11.1 Å². The average molecular weight is 424 g/mol. The van der Waals surface area contributed by atoms with Crippen molar-refractivity contribution in [3.63, 3.8) is 0 Å². The average Bonchev–Trinajstić information content (AvgIpc) is 2.76. The molecule has 0 bridgehead atoms. The van der Waals surface area contributed by atoms with Crippen LogP contribution in [0.15, 0.2) is 54.6 Å². The summed E-state index contributed by atoms with van der Waals surface area (Å²) in [7, 11) is 0. The molecule has 4 heteroatoms. The van der Waals surface area contributed by atoms with Crippen molar-refractivity contribution in [1.82, 2.24) is 0 Å². The molecular formula is C27H24F4. The van der Waals surface area contributed by atoms with Gasteiger partial charge in [-0.15, -0.1) is 0 Å². The number of benzene rings is 3. The zero-order valence-electron chi connectivity index (χ0n) is 17.5. The van der Waals surface area contributed by atoms with Crippen LogP contribution in [0.4, 0.5) is 17.6 Å². The molecule has 0 spiro atoms. The van der Waals surface area contributed by atoms with Crippen LogP contribution in [0.2, 0.25) is 0 Å². The van der Waals surface area contributed by atoms with Gasteiger partial charge in [0.15, 0.2) is 11.6 Å². The predicted octanol–water partition coefficient (Wildman–Crippen LogP) is 7.82. The van der Waals surface area contributed by atoms with Gasteiger partial charge >= 0.3 is 0 Å². The summed E-state index contributed by atoms with van der Waals surface area (Å²) in [5.74, 6) is 1.18. The molecule has 0 aliphatic heterocycles. The fourth-order valence-corrected chi connectivity index (χ4v) is 3.36. The quantitative estimate of drug-likeness (QED) is 0.206. The molecular weight excluding hydrogens is 400 g/mol. The van der Waals surface area contributed by atoms with Crippen molar-refractivity contribution in [3.8, 4) is 23.0 Å². The maximum absolute atomic E-state index is 14.5. The first kappa shape index (κ1) is 22.6. The van der Waals surface area contributed by atoms with E-state index in [1.165, 1.54) is 49.4 Å². The molecule has 0 aromatic heterocycles. The molecule has 0 radical (unpaired) electrons. The molecule has 160 valence electrons. The van der Waals surface area contributed by atoms with Crippen molar-refractivity contribution in [2.45, 2.75) is 45.4 Å². The normalized spacial score (nSPS) is 10.6. The Balaban J connectivity index is 1.73. The summed E-state index contributed by atoms with van der Waals surface area (Å²) in [6.45, 7) is 2.19. The van der Waals surface area contributed by atoms with Gasteiger partial charge in [0.25, 0.3) is 0 Å². The Morgan fingerprint density at radius 2 is 1.29 bits per heavy atom. The molecule has 0 unspecified atom stereocenters. The largest absolute Gasteiger partial charge is 0.205 e. The summed E-state index contributed by atoms with van der Waals surface area (Å²) in [5.41, 5.74) is 2.06. The molecule has 0 saturated heterocycles. The highest BCUT2D eigenvalue weighted by Crippen LogP contribution is 2.25. The van der Waals surface area contributed by atoms with E-state index < -0.39 is 28.8 Å². The van der Waals surface area contributed by atoms with Gasteiger partial charge in [-0.05, 0) is 59.9 Å². The summed E-state index contributed by atoms with van der Waals surface area (Å²) in [6.07, 6.45) is 7.06. The molecule has 3 aromatic carbocycles. The van der Waals surface area contributed by atoms with Crippen LogP contribution in [0, 0.1) is 35.1 Å². The number of hydrogen-bond acceptors (Lipinski definition) is 0. The number of halogens is 4. The molecule has 0 nitrogen and oxygen atoms in total.